The Kier molecular flexibility index (Phi) is 6.13. The van der Waals surface area contributed by atoms with Crippen molar-refractivity contribution in [3.63, 3.8) is 0 Å². The zero-order valence-corrected chi connectivity index (χ0v) is 10.7. The Bertz CT molecular complexity index is 463. The van der Waals surface area contributed by atoms with Crippen molar-refractivity contribution in [1.82, 2.24) is 10.2 Å². The van der Waals surface area contributed by atoms with Crippen molar-refractivity contribution < 1.29 is 9.90 Å². The Morgan fingerprint density at radius 1 is 1.47 bits per heavy atom. The molecule has 0 heterocycles. The number of rotatable bonds is 6. The van der Waals surface area contributed by atoms with Crippen molar-refractivity contribution in [2.24, 2.45) is 0 Å². The number of urea groups is 1. The summed E-state index contributed by atoms with van der Waals surface area (Å²) in [5, 5.41) is 20.3. The van der Waals surface area contributed by atoms with Gasteiger partial charge in [-0.05, 0) is 17.7 Å². The van der Waals surface area contributed by atoms with Crippen molar-refractivity contribution >= 4 is 6.03 Å². The van der Waals surface area contributed by atoms with Crippen LogP contribution in [0.3, 0.4) is 0 Å². The third-order valence-electron chi connectivity index (χ3n) is 2.53. The van der Waals surface area contributed by atoms with Crippen LogP contribution >= 0.6 is 0 Å². The van der Waals surface area contributed by atoms with E-state index in [9.17, 15) is 4.79 Å². The van der Waals surface area contributed by atoms with E-state index in [4.69, 9.17) is 10.4 Å². The molecule has 1 rings (SSSR count). The molecule has 0 aromatic heterocycles. The molecule has 1 aromatic rings. The molecular weight excluding hydrogens is 242 g/mol. The lowest BCUT2D eigenvalue weighted by Crippen LogP contribution is -2.41. The number of aliphatic hydroxyl groups excluding tert-OH is 1. The number of nitriles is 1. The Morgan fingerprint density at radius 2 is 2.16 bits per heavy atom. The molecule has 2 amide bonds. The lowest BCUT2D eigenvalue weighted by molar-refractivity contribution is 0.183. The zero-order valence-electron chi connectivity index (χ0n) is 10.7. The van der Waals surface area contributed by atoms with Crippen molar-refractivity contribution in [3.8, 4) is 6.07 Å². The third kappa shape index (κ3) is 4.82. The molecule has 2 N–H and O–H groups in total. The Labute approximate surface area is 112 Å². The van der Waals surface area contributed by atoms with Crippen LogP contribution in [-0.4, -0.2) is 35.7 Å². The SMILES string of the molecule is C=CCN(CCO)C(=O)NCc1ccc(C#N)cc1. The van der Waals surface area contributed by atoms with E-state index in [0.29, 0.717) is 18.7 Å². The average Bonchev–Trinajstić information content (AvgIpc) is 2.45. The van der Waals surface area contributed by atoms with Crippen LogP contribution in [0.2, 0.25) is 0 Å². The van der Waals surface area contributed by atoms with E-state index in [-0.39, 0.29) is 19.2 Å². The van der Waals surface area contributed by atoms with Gasteiger partial charge < -0.3 is 15.3 Å². The van der Waals surface area contributed by atoms with Gasteiger partial charge in [0.2, 0.25) is 0 Å². The molecule has 0 fully saturated rings. The van der Waals surface area contributed by atoms with Crippen LogP contribution in [-0.2, 0) is 6.54 Å². The first-order valence-corrected chi connectivity index (χ1v) is 5.94. The van der Waals surface area contributed by atoms with Gasteiger partial charge in [0.05, 0.1) is 18.2 Å². The van der Waals surface area contributed by atoms with Gasteiger partial charge in [-0.25, -0.2) is 4.79 Å². The summed E-state index contributed by atoms with van der Waals surface area (Å²) in [6.07, 6.45) is 1.61. The van der Waals surface area contributed by atoms with Gasteiger partial charge in [0.15, 0.2) is 0 Å². The number of nitrogens with one attached hydrogen (secondary N) is 1. The van der Waals surface area contributed by atoms with E-state index in [1.807, 2.05) is 6.07 Å². The van der Waals surface area contributed by atoms with E-state index in [1.165, 1.54) is 4.90 Å². The highest BCUT2D eigenvalue weighted by molar-refractivity contribution is 5.74. The smallest absolute Gasteiger partial charge is 0.318 e. The van der Waals surface area contributed by atoms with E-state index >= 15 is 0 Å². The Morgan fingerprint density at radius 3 is 2.68 bits per heavy atom. The first-order valence-electron chi connectivity index (χ1n) is 5.94. The molecule has 0 radical (unpaired) electrons. The zero-order chi connectivity index (χ0) is 14.1. The van der Waals surface area contributed by atoms with Crippen molar-refractivity contribution in [2.45, 2.75) is 6.54 Å². The van der Waals surface area contributed by atoms with Crippen LogP contribution < -0.4 is 5.32 Å². The topological polar surface area (TPSA) is 76.4 Å². The van der Waals surface area contributed by atoms with Gasteiger partial charge in [0.1, 0.15) is 0 Å². The molecule has 19 heavy (non-hydrogen) atoms. The van der Waals surface area contributed by atoms with Crippen LogP contribution in [0.5, 0.6) is 0 Å². The quantitative estimate of drug-likeness (QED) is 0.755. The summed E-state index contributed by atoms with van der Waals surface area (Å²) < 4.78 is 0. The highest BCUT2D eigenvalue weighted by Gasteiger charge is 2.10. The molecule has 0 atom stereocenters. The Hall–Kier alpha value is -2.32. The van der Waals surface area contributed by atoms with Gasteiger partial charge >= 0.3 is 6.03 Å². The second kappa shape index (κ2) is 7.90. The predicted molar refractivity (Wildman–Crippen MR) is 72.2 cm³/mol. The molecule has 5 heteroatoms. The first kappa shape index (κ1) is 14.7. The summed E-state index contributed by atoms with van der Waals surface area (Å²) in [5.74, 6) is 0. The molecule has 0 saturated carbocycles. The minimum Gasteiger partial charge on any atom is -0.395 e. The number of carbonyl (C=O) groups excluding carboxylic acids is 1. The Balaban J connectivity index is 2.51. The standard InChI is InChI=1S/C14H17N3O2/c1-2-7-17(8-9-18)14(19)16-11-13-5-3-12(10-15)4-6-13/h2-6,18H,1,7-9,11H2,(H,16,19). The fourth-order valence-electron chi connectivity index (χ4n) is 1.54. The van der Waals surface area contributed by atoms with E-state index < -0.39 is 0 Å². The summed E-state index contributed by atoms with van der Waals surface area (Å²) in [5.41, 5.74) is 1.50. The normalized spacial score (nSPS) is 9.47. The summed E-state index contributed by atoms with van der Waals surface area (Å²) in [4.78, 5) is 13.3. The van der Waals surface area contributed by atoms with Crippen LogP contribution in [0.15, 0.2) is 36.9 Å². The molecule has 0 aliphatic heterocycles. The molecule has 1 aromatic carbocycles. The highest BCUT2D eigenvalue weighted by atomic mass is 16.3. The minimum absolute atomic E-state index is 0.0852. The average molecular weight is 259 g/mol. The first-order chi connectivity index (χ1) is 9.21. The predicted octanol–water partition coefficient (Wildman–Crippen LogP) is 1.25. The fraction of sp³-hybridized carbons (Fsp3) is 0.286. The maximum absolute atomic E-state index is 11.8. The van der Waals surface area contributed by atoms with Crippen molar-refractivity contribution in [3.05, 3.63) is 48.0 Å². The van der Waals surface area contributed by atoms with Crippen LogP contribution in [0.4, 0.5) is 4.79 Å². The molecule has 0 bridgehead atoms. The number of hydrogen-bond donors (Lipinski definition) is 2. The number of benzene rings is 1. The molecule has 0 spiro atoms. The molecule has 0 unspecified atom stereocenters. The molecule has 0 saturated heterocycles. The maximum Gasteiger partial charge on any atom is 0.318 e. The number of carbonyl (C=O) groups is 1. The summed E-state index contributed by atoms with van der Waals surface area (Å²) in [7, 11) is 0. The third-order valence-corrected chi connectivity index (χ3v) is 2.53. The van der Waals surface area contributed by atoms with Crippen LogP contribution in [0, 0.1) is 11.3 Å². The number of amides is 2. The van der Waals surface area contributed by atoms with Gasteiger partial charge in [-0.1, -0.05) is 18.2 Å². The molecule has 100 valence electrons. The summed E-state index contributed by atoms with van der Waals surface area (Å²) in [6.45, 7) is 4.52. The van der Waals surface area contributed by atoms with Crippen molar-refractivity contribution in [2.75, 3.05) is 19.7 Å². The van der Waals surface area contributed by atoms with Gasteiger partial charge in [-0.2, -0.15) is 5.26 Å². The van der Waals surface area contributed by atoms with Crippen LogP contribution in [0.1, 0.15) is 11.1 Å². The van der Waals surface area contributed by atoms with Gasteiger partial charge in [0.25, 0.3) is 0 Å². The second-order valence-corrected chi connectivity index (χ2v) is 3.93. The lowest BCUT2D eigenvalue weighted by Gasteiger charge is -2.20. The second-order valence-electron chi connectivity index (χ2n) is 3.93. The maximum atomic E-state index is 11.8. The highest BCUT2D eigenvalue weighted by Crippen LogP contribution is 2.03. The lowest BCUT2D eigenvalue weighted by atomic mass is 10.1. The minimum atomic E-state index is -0.252. The molecule has 5 nitrogen and oxygen atoms in total. The summed E-state index contributed by atoms with van der Waals surface area (Å²) >= 11 is 0. The fourth-order valence-corrected chi connectivity index (χ4v) is 1.54. The number of aliphatic hydroxyl groups is 1. The number of nitrogens with zero attached hydrogens (tertiary/aromatic N) is 2. The van der Waals surface area contributed by atoms with Crippen molar-refractivity contribution in [1.29, 1.82) is 5.26 Å². The van der Waals surface area contributed by atoms with Crippen LogP contribution in [0.25, 0.3) is 0 Å². The van der Waals surface area contributed by atoms with E-state index in [1.54, 1.807) is 30.3 Å². The van der Waals surface area contributed by atoms with E-state index in [0.717, 1.165) is 5.56 Å². The summed E-state index contributed by atoms with van der Waals surface area (Å²) in [6, 6.07) is 8.78. The van der Waals surface area contributed by atoms with Gasteiger partial charge in [-0.3, -0.25) is 0 Å². The monoisotopic (exact) mass is 259 g/mol. The van der Waals surface area contributed by atoms with E-state index in [2.05, 4.69) is 11.9 Å². The molecule has 0 aliphatic rings. The van der Waals surface area contributed by atoms with Gasteiger partial charge in [-0.15, -0.1) is 6.58 Å². The molecule has 0 aliphatic carbocycles. The largest absolute Gasteiger partial charge is 0.395 e. The number of hydrogen-bond acceptors (Lipinski definition) is 3. The van der Waals surface area contributed by atoms with Gasteiger partial charge in [0, 0.05) is 19.6 Å². The molecular formula is C14H17N3O2.